The predicted octanol–water partition coefficient (Wildman–Crippen LogP) is -0.178. The van der Waals surface area contributed by atoms with Gasteiger partial charge in [0.25, 0.3) is 5.56 Å². The van der Waals surface area contributed by atoms with Gasteiger partial charge in [0.15, 0.2) is 0 Å². The maximum absolute atomic E-state index is 12.0. The van der Waals surface area contributed by atoms with Crippen molar-refractivity contribution in [2.45, 2.75) is 19.1 Å². The fraction of sp³-hybridized carbons (Fsp3) is 0.500. The van der Waals surface area contributed by atoms with Crippen molar-refractivity contribution >= 4 is 34.2 Å². The molecule has 30 heavy (non-hydrogen) atoms. The molecule has 0 saturated carbocycles. The first-order chi connectivity index (χ1) is 13.6. The molecule has 1 rings (SSSR count). The van der Waals surface area contributed by atoms with E-state index in [9.17, 15) is 28.5 Å². The molecule has 1 aromatic rings. The van der Waals surface area contributed by atoms with E-state index in [2.05, 4.69) is 26.3 Å². The number of H-pyrrole nitrogens is 1. The number of ether oxygens (including phenoxy) is 1. The molecular formula is C12H19N2O12P3S. The van der Waals surface area contributed by atoms with Crippen molar-refractivity contribution < 1.29 is 46.6 Å². The summed E-state index contributed by atoms with van der Waals surface area (Å²) in [4.78, 5) is 61.5. The van der Waals surface area contributed by atoms with Crippen molar-refractivity contribution in [3.63, 3.8) is 0 Å². The van der Waals surface area contributed by atoms with Crippen molar-refractivity contribution in [2.24, 2.45) is 5.92 Å². The van der Waals surface area contributed by atoms with Crippen LogP contribution in [0.4, 0.5) is 0 Å². The summed E-state index contributed by atoms with van der Waals surface area (Å²) in [5.74, 6) is 1.67. The molecule has 0 aliphatic heterocycles. The van der Waals surface area contributed by atoms with Crippen LogP contribution in [0.5, 0.6) is 0 Å². The number of methoxy groups -OCH3 is 1. The number of aromatic amines is 1. The number of terminal acetylenes is 1. The van der Waals surface area contributed by atoms with E-state index < -0.39 is 58.3 Å². The number of phosphoric acid groups is 2. The first-order valence-electron chi connectivity index (χ1n) is 7.69. The Morgan fingerprint density at radius 3 is 2.33 bits per heavy atom. The molecule has 0 saturated heterocycles. The Morgan fingerprint density at radius 2 is 1.87 bits per heavy atom. The third kappa shape index (κ3) is 8.64. The summed E-state index contributed by atoms with van der Waals surface area (Å²) in [6.45, 7) is -3.54. The Hall–Kier alpha value is -0.970. The number of hydrogen-bond donors (Lipinski definition) is 5. The second-order valence-corrected chi connectivity index (χ2v) is 11.5. The highest BCUT2D eigenvalue weighted by molar-refractivity contribution is 8.08. The molecule has 0 aliphatic rings. The van der Waals surface area contributed by atoms with E-state index in [1.165, 1.54) is 13.3 Å². The second kappa shape index (κ2) is 10.6. The standard InChI is InChI=1S/C12H19N2O12P3S/c1-4-9(14-6-5-11(15)13-12(14)16)8(2)10(23-3)7-24-29(22,30)26-28(20,21)25-27(17,18)19/h1,5-6,8-10H,7H2,2-3H3,(H,20,21)(H,22,30)(H,13,15,16)(H2,17,18,19). The minimum atomic E-state index is -5.46. The number of rotatable bonds is 11. The van der Waals surface area contributed by atoms with Gasteiger partial charge in [-0.1, -0.05) is 12.8 Å². The van der Waals surface area contributed by atoms with E-state index in [1.54, 1.807) is 6.92 Å². The first kappa shape index (κ1) is 27.1. The Bertz CT molecular complexity index is 1040. The van der Waals surface area contributed by atoms with Gasteiger partial charge in [0.05, 0.1) is 12.7 Å². The quantitative estimate of drug-likeness (QED) is 0.194. The van der Waals surface area contributed by atoms with Crippen molar-refractivity contribution in [1.82, 2.24) is 9.55 Å². The monoisotopic (exact) mass is 508 g/mol. The zero-order chi connectivity index (χ0) is 23.3. The Kier molecular flexibility index (Phi) is 9.53. The average Bonchev–Trinajstić information content (AvgIpc) is 2.54. The number of nitrogens with one attached hydrogen (secondary N) is 1. The summed E-state index contributed by atoms with van der Waals surface area (Å²) in [5.41, 5.74) is -1.41. The Morgan fingerprint density at radius 1 is 1.27 bits per heavy atom. The van der Waals surface area contributed by atoms with Gasteiger partial charge >= 0.3 is 28.1 Å². The van der Waals surface area contributed by atoms with Gasteiger partial charge in [-0.3, -0.25) is 14.3 Å². The molecule has 5 N–H and O–H groups in total. The summed E-state index contributed by atoms with van der Waals surface area (Å²) in [5, 5.41) is 0. The molecule has 1 heterocycles. The van der Waals surface area contributed by atoms with Crippen molar-refractivity contribution in [3.05, 3.63) is 33.1 Å². The van der Waals surface area contributed by atoms with Crippen LogP contribution >= 0.6 is 22.4 Å². The Labute approximate surface area is 174 Å². The minimum Gasteiger partial charge on any atom is -0.379 e. The highest BCUT2D eigenvalue weighted by atomic mass is 32.5. The van der Waals surface area contributed by atoms with Gasteiger partial charge in [-0.05, 0) is 11.8 Å². The third-order valence-electron chi connectivity index (χ3n) is 3.53. The van der Waals surface area contributed by atoms with Crippen molar-refractivity contribution in [2.75, 3.05) is 13.7 Å². The fourth-order valence-electron chi connectivity index (χ4n) is 2.24. The topological polar surface area (TPSA) is 207 Å². The van der Waals surface area contributed by atoms with Gasteiger partial charge in [-0.25, -0.2) is 18.2 Å². The lowest BCUT2D eigenvalue weighted by Gasteiger charge is -2.29. The highest BCUT2D eigenvalue weighted by Gasteiger charge is 2.39. The average molecular weight is 508 g/mol. The lowest BCUT2D eigenvalue weighted by Crippen LogP contribution is -2.38. The second-order valence-electron chi connectivity index (χ2n) is 5.65. The maximum atomic E-state index is 12.0. The van der Waals surface area contributed by atoms with E-state index in [0.29, 0.717) is 0 Å². The van der Waals surface area contributed by atoms with E-state index in [1.807, 2.05) is 4.98 Å². The molecule has 0 amide bonds. The predicted molar refractivity (Wildman–Crippen MR) is 106 cm³/mol. The van der Waals surface area contributed by atoms with Gasteiger partial charge < -0.3 is 28.8 Å². The molecule has 0 fully saturated rings. The van der Waals surface area contributed by atoms with Gasteiger partial charge in [0, 0.05) is 25.3 Å². The third-order valence-corrected chi connectivity index (χ3v) is 8.25. The van der Waals surface area contributed by atoms with Gasteiger partial charge in [-0.15, -0.1) is 6.42 Å². The molecular weight excluding hydrogens is 489 g/mol. The zero-order valence-corrected chi connectivity index (χ0v) is 18.9. The molecule has 1 aromatic heterocycles. The zero-order valence-electron chi connectivity index (χ0n) is 15.4. The fourth-order valence-corrected chi connectivity index (χ4v) is 6.21. The molecule has 5 atom stereocenters. The maximum Gasteiger partial charge on any atom is 0.488 e. The lowest BCUT2D eigenvalue weighted by molar-refractivity contribution is 0.00698. The van der Waals surface area contributed by atoms with Crippen LogP contribution in [0.15, 0.2) is 21.9 Å². The number of nitrogens with zero attached hydrogens (tertiary/aromatic N) is 1. The van der Waals surface area contributed by atoms with Crippen LogP contribution in [-0.2, 0) is 38.8 Å². The summed E-state index contributed by atoms with van der Waals surface area (Å²) < 4.78 is 41.0. The summed E-state index contributed by atoms with van der Waals surface area (Å²) >= 11 is 4.52. The van der Waals surface area contributed by atoms with Crippen molar-refractivity contribution in [3.8, 4) is 12.3 Å². The lowest BCUT2D eigenvalue weighted by atomic mass is 9.96. The van der Waals surface area contributed by atoms with E-state index >= 15 is 0 Å². The molecule has 170 valence electrons. The van der Waals surface area contributed by atoms with Gasteiger partial charge in [-0.2, -0.15) is 4.31 Å². The normalized spacial score (nSPS) is 19.1. The molecule has 18 heteroatoms. The van der Waals surface area contributed by atoms with E-state index in [4.69, 9.17) is 25.5 Å². The molecule has 5 unspecified atom stereocenters. The molecule has 0 bridgehead atoms. The Balaban J connectivity index is 2.94. The van der Waals surface area contributed by atoms with E-state index in [0.717, 1.165) is 10.6 Å². The van der Waals surface area contributed by atoms with Crippen LogP contribution in [0, 0.1) is 18.3 Å². The van der Waals surface area contributed by atoms with Gasteiger partial charge in [0.2, 0.25) is 0 Å². The number of hydrogen-bond acceptors (Lipinski definition) is 9. The van der Waals surface area contributed by atoms with Crippen LogP contribution in [-0.4, -0.2) is 48.9 Å². The van der Waals surface area contributed by atoms with E-state index in [-0.39, 0.29) is 0 Å². The van der Waals surface area contributed by atoms with Crippen LogP contribution in [0.25, 0.3) is 0 Å². The largest absolute Gasteiger partial charge is 0.488 e. The van der Waals surface area contributed by atoms with Crippen LogP contribution < -0.4 is 11.2 Å². The first-order valence-corrected chi connectivity index (χ1v) is 13.3. The smallest absolute Gasteiger partial charge is 0.379 e. The molecule has 0 aromatic carbocycles. The minimum absolute atomic E-state index is 0.558. The summed E-state index contributed by atoms with van der Waals surface area (Å²) in [7, 11) is -9.65. The molecule has 0 radical (unpaired) electrons. The van der Waals surface area contributed by atoms with Crippen LogP contribution in [0.1, 0.15) is 13.0 Å². The summed E-state index contributed by atoms with van der Waals surface area (Å²) in [6, 6.07) is 0.139. The highest BCUT2D eigenvalue weighted by Crippen LogP contribution is 2.66. The summed E-state index contributed by atoms with van der Waals surface area (Å²) in [6.07, 6.45) is 5.71. The van der Waals surface area contributed by atoms with Crippen LogP contribution in [0.2, 0.25) is 0 Å². The SMILES string of the molecule is C#CC(C(C)C(COP(O)(=S)OP(=O)(O)OP(=O)(O)O)OC)n1ccc(=O)[nH]c1=O. The number of aromatic nitrogens is 2. The van der Waals surface area contributed by atoms with Crippen molar-refractivity contribution in [1.29, 1.82) is 0 Å². The van der Waals surface area contributed by atoms with Crippen LogP contribution in [0.3, 0.4) is 0 Å². The van der Waals surface area contributed by atoms with Gasteiger partial charge in [0.1, 0.15) is 6.04 Å². The molecule has 0 aliphatic carbocycles. The molecule has 0 spiro atoms. The molecule has 14 nitrogen and oxygen atoms in total.